The predicted octanol–water partition coefficient (Wildman–Crippen LogP) is 3.58. The van der Waals surface area contributed by atoms with Crippen LogP contribution >= 0.6 is 15.9 Å². The smallest absolute Gasteiger partial charge is 0.0629 e. The van der Waals surface area contributed by atoms with Gasteiger partial charge in [0.15, 0.2) is 0 Å². The third-order valence-corrected chi connectivity index (χ3v) is 2.66. The van der Waals surface area contributed by atoms with Gasteiger partial charge in [0, 0.05) is 11.0 Å². The normalized spacial score (nSPS) is 14.3. The number of hydrogen-bond donors (Lipinski definition) is 0. The van der Waals surface area contributed by atoms with Crippen LogP contribution in [0, 0.1) is 6.92 Å². The van der Waals surface area contributed by atoms with Gasteiger partial charge < -0.3 is 0 Å². The molecule has 0 N–H and O–H groups in total. The minimum absolute atomic E-state index is 0.413. The summed E-state index contributed by atoms with van der Waals surface area (Å²) in [5.41, 5.74) is 3.51. The minimum Gasteiger partial charge on any atom is -0.257 e. The van der Waals surface area contributed by atoms with Crippen molar-refractivity contribution < 1.29 is 0 Å². The van der Waals surface area contributed by atoms with Crippen LogP contribution in [0.4, 0.5) is 0 Å². The maximum absolute atomic E-state index is 4.30. The van der Waals surface area contributed by atoms with Gasteiger partial charge in [-0.15, -0.1) is 0 Å². The van der Waals surface area contributed by atoms with Crippen LogP contribution in [0.1, 0.15) is 25.1 Å². The van der Waals surface area contributed by atoms with Gasteiger partial charge >= 0.3 is 0 Å². The Morgan fingerprint density at radius 1 is 1.54 bits per heavy atom. The molecule has 0 aliphatic rings. The number of allylic oxidation sites excluding steroid dienone is 1. The first kappa shape index (κ1) is 10.5. The van der Waals surface area contributed by atoms with E-state index in [0.717, 1.165) is 5.69 Å². The highest BCUT2D eigenvalue weighted by Crippen LogP contribution is 2.13. The van der Waals surface area contributed by atoms with Crippen molar-refractivity contribution in [3.8, 4) is 0 Å². The molecule has 0 aliphatic carbocycles. The Bertz CT molecular complexity index is 298. The third-order valence-electron chi connectivity index (χ3n) is 1.94. The Kier molecular flexibility index (Phi) is 3.67. The van der Waals surface area contributed by atoms with Crippen LogP contribution in [-0.2, 0) is 0 Å². The van der Waals surface area contributed by atoms with Crippen LogP contribution in [0.25, 0.3) is 6.08 Å². The first-order valence-corrected chi connectivity index (χ1v) is 5.26. The molecule has 1 atom stereocenters. The second-order valence-electron chi connectivity index (χ2n) is 3.26. The SMILES string of the molecule is C/C(=C\c1ccc(C)cn1)C(C)Br. The van der Waals surface area contributed by atoms with Crippen molar-refractivity contribution in [1.29, 1.82) is 0 Å². The molecule has 0 aliphatic heterocycles. The Morgan fingerprint density at radius 3 is 2.69 bits per heavy atom. The molecular weight excluding hydrogens is 226 g/mol. The molecule has 2 heteroatoms. The van der Waals surface area contributed by atoms with Crippen molar-refractivity contribution >= 4 is 22.0 Å². The summed E-state index contributed by atoms with van der Waals surface area (Å²) in [6.45, 7) is 6.25. The van der Waals surface area contributed by atoms with E-state index in [9.17, 15) is 0 Å². The average molecular weight is 240 g/mol. The van der Waals surface area contributed by atoms with E-state index in [4.69, 9.17) is 0 Å². The van der Waals surface area contributed by atoms with Gasteiger partial charge in [-0.05, 0) is 38.5 Å². The van der Waals surface area contributed by atoms with E-state index in [2.05, 4.69) is 46.9 Å². The summed E-state index contributed by atoms with van der Waals surface area (Å²) in [6, 6.07) is 4.11. The Morgan fingerprint density at radius 2 is 2.23 bits per heavy atom. The lowest BCUT2D eigenvalue weighted by Gasteiger charge is -2.02. The van der Waals surface area contributed by atoms with Crippen LogP contribution in [0.2, 0.25) is 0 Å². The van der Waals surface area contributed by atoms with Gasteiger partial charge in [0.05, 0.1) is 5.69 Å². The number of alkyl halides is 1. The molecule has 0 radical (unpaired) electrons. The summed E-state index contributed by atoms with van der Waals surface area (Å²) in [5.74, 6) is 0. The van der Waals surface area contributed by atoms with Gasteiger partial charge in [-0.25, -0.2) is 0 Å². The zero-order valence-electron chi connectivity index (χ0n) is 8.21. The number of aromatic nitrogens is 1. The summed E-state index contributed by atoms with van der Waals surface area (Å²) < 4.78 is 0. The van der Waals surface area contributed by atoms with Crippen molar-refractivity contribution in [3.63, 3.8) is 0 Å². The van der Waals surface area contributed by atoms with E-state index < -0.39 is 0 Å². The molecule has 0 saturated carbocycles. The number of aryl methyl sites for hydroxylation is 1. The highest BCUT2D eigenvalue weighted by Gasteiger charge is 1.98. The summed E-state index contributed by atoms with van der Waals surface area (Å²) in [4.78, 5) is 4.72. The zero-order chi connectivity index (χ0) is 9.84. The zero-order valence-corrected chi connectivity index (χ0v) is 9.80. The third kappa shape index (κ3) is 3.31. The molecule has 1 rings (SSSR count). The second-order valence-corrected chi connectivity index (χ2v) is 4.64. The maximum atomic E-state index is 4.30. The molecular formula is C11H14BrN. The standard InChI is InChI=1S/C11H14BrN/c1-8-4-5-11(13-7-8)6-9(2)10(3)12/h4-7,10H,1-3H3/b9-6+. The van der Waals surface area contributed by atoms with E-state index in [1.54, 1.807) is 0 Å². The molecule has 0 amide bonds. The van der Waals surface area contributed by atoms with Crippen molar-refractivity contribution in [2.45, 2.75) is 25.6 Å². The molecule has 0 spiro atoms. The number of rotatable bonds is 2. The van der Waals surface area contributed by atoms with E-state index >= 15 is 0 Å². The molecule has 70 valence electrons. The van der Waals surface area contributed by atoms with Crippen molar-refractivity contribution in [1.82, 2.24) is 4.98 Å². The first-order valence-electron chi connectivity index (χ1n) is 4.34. The lowest BCUT2D eigenvalue weighted by Crippen LogP contribution is -1.92. The van der Waals surface area contributed by atoms with Crippen LogP contribution in [0.3, 0.4) is 0 Å². The molecule has 13 heavy (non-hydrogen) atoms. The van der Waals surface area contributed by atoms with Gasteiger partial charge in [-0.2, -0.15) is 0 Å². The largest absolute Gasteiger partial charge is 0.257 e. The predicted molar refractivity (Wildman–Crippen MR) is 61.0 cm³/mol. The Hall–Kier alpha value is -0.630. The summed E-state index contributed by atoms with van der Waals surface area (Å²) >= 11 is 3.52. The second kappa shape index (κ2) is 4.56. The highest BCUT2D eigenvalue weighted by atomic mass is 79.9. The van der Waals surface area contributed by atoms with Gasteiger partial charge in [0.25, 0.3) is 0 Å². The maximum Gasteiger partial charge on any atom is 0.0629 e. The first-order chi connectivity index (χ1) is 6.09. The average Bonchev–Trinajstić information content (AvgIpc) is 2.08. The fourth-order valence-electron chi connectivity index (χ4n) is 0.913. The Balaban J connectivity index is 2.85. The minimum atomic E-state index is 0.413. The molecule has 0 saturated heterocycles. The van der Waals surface area contributed by atoms with Crippen LogP contribution in [0.15, 0.2) is 23.9 Å². The van der Waals surface area contributed by atoms with Crippen LogP contribution < -0.4 is 0 Å². The highest BCUT2D eigenvalue weighted by molar-refractivity contribution is 9.09. The van der Waals surface area contributed by atoms with Crippen LogP contribution in [0.5, 0.6) is 0 Å². The quantitative estimate of drug-likeness (QED) is 0.720. The number of pyridine rings is 1. The monoisotopic (exact) mass is 239 g/mol. The summed E-state index contributed by atoms with van der Waals surface area (Å²) in [5, 5.41) is 0. The number of hydrogen-bond acceptors (Lipinski definition) is 1. The van der Waals surface area contributed by atoms with Crippen molar-refractivity contribution in [2.75, 3.05) is 0 Å². The number of halogens is 1. The fourth-order valence-corrected chi connectivity index (χ4v) is 1.04. The van der Waals surface area contributed by atoms with Crippen molar-refractivity contribution in [3.05, 3.63) is 35.2 Å². The van der Waals surface area contributed by atoms with Crippen LogP contribution in [-0.4, -0.2) is 9.81 Å². The fraction of sp³-hybridized carbons (Fsp3) is 0.364. The molecule has 0 bridgehead atoms. The molecule has 1 nitrogen and oxygen atoms in total. The van der Waals surface area contributed by atoms with Gasteiger partial charge in [0.2, 0.25) is 0 Å². The van der Waals surface area contributed by atoms with E-state index in [1.807, 2.05) is 19.2 Å². The van der Waals surface area contributed by atoms with Crippen molar-refractivity contribution in [2.24, 2.45) is 0 Å². The molecule has 1 aromatic heterocycles. The summed E-state index contributed by atoms with van der Waals surface area (Å²) in [7, 11) is 0. The molecule has 0 fully saturated rings. The van der Waals surface area contributed by atoms with Gasteiger partial charge in [-0.1, -0.05) is 27.6 Å². The Labute approximate surface area is 88.0 Å². The topological polar surface area (TPSA) is 12.9 Å². The van der Waals surface area contributed by atoms with E-state index in [1.165, 1.54) is 11.1 Å². The van der Waals surface area contributed by atoms with Gasteiger partial charge in [0.1, 0.15) is 0 Å². The number of nitrogens with zero attached hydrogens (tertiary/aromatic N) is 1. The van der Waals surface area contributed by atoms with E-state index in [0.29, 0.717) is 4.83 Å². The van der Waals surface area contributed by atoms with Gasteiger partial charge in [-0.3, -0.25) is 4.98 Å². The molecule has 1 aromatic rings. The molecule has 0 aromatic carbocycles. The lowest BCUT2D eigenvalue weighted by molar-refractivity contribution is 1.15. The van der Waals surface area contributed by atoms with E-state index in [-0.39, 0.29) is 0 Å². The lowest BCUT2D eigenvalue weighted by atomic mass is 10.2. The summed E-state index contributed by atoms with van der Waals surface area (Å²) in [6.07, 6.45) is 3.98. The molecule has 1 heterocycles. The molecule has 1 unspecified atom stereocenters.